The molecule has 1 atom stereocenters. The average Bonchev–Trinajstić information content (AvgIpc) is 2.78. The first-order chi connectivity index (χ1) is 14.6. The minimum absolute atomic E-state index is 0.00344. The molecule has 1 saturated carbocycles. The zero-order chi connectivity index (χ0) is 21.1. The molecule has 1 aliphatic carbocycles. The second-order valence-corrected chi connectivity index (χ2v) is 8.52. The van der Waals surface area contributed by atoms with Crippen molar-refractivity contribution in [3.05, 3.63) is 64.7 Å². The lowest BCUT2D eigenvalue weighted by Gasteiger charge is -2.44. The van der Waals surface area contributed by atoms with Crippen molar-refractivity contribution in [2.24, 2.45) is 0 Å². The summed E-state index contributed by atoms with van der Waals surface area (Å²) in [7, 11) is 1.60. The smallest absolute Gasteiger partial charge is 0.250 e. The van der Waals surface area contributed by atoms with Crippen LogP contribution in [0.25, 0.3) is 0 Å². The van der Waals surface area contributed by atoms with Crippen molar-refractivity contribution >= 4 is 23.4 Å². The molecule has 0 bridgehead atoms. The van der Waals surface area contributed by atoms with E-state index in [1.165, 1.54) is 6.42 Å². The predicted molar refractivity (Wildman–Crippen MR) is 116 cm³/mol. The number of halogens is 1. The van der Waals surface area contributed by atoms with E-state index >= 15 is 0 Å². The van der Waals surface area contributed by atoms with Gasteiger partial charge in [-0.05, 0) is 48.2 Å². The molecule has 0 N–H and O–H groups in total. The van der Waals surface area contributed by atoms with Crippen LogP contribution in [0.4, 0.5) is 0 Å². The number of carbonyl (C=O) groups excluding carboxylic acids is 2. The minimum atomic E-state index is -0.654. The fourth-order valence-corrected chi connectivity index (χ4v) is 4.68. The lowest BCUT2D eigenvalue weighted by molar-refractivity contribution is -0.160. The molecular formula is C24H27ClN2O3. The van der Waals surface area contributed by atoms with E-state index in [-0.39, 0.29) is 24.4 Å². The number of carbonyl (C=O) groups is 2. The van der Waals surface area contributed by atoms with Crippen molar-refractivity contribution in [2.75, 3.05) is 13.7 Å². The second kappa shape index (κ2) is 9.09. The van der Waals surface area contributed by atoms with Crippen LogP contribution in [0.2, 0.25) is 5.02 Å². The Kier molecular flexibility index (Phi) is 6.28. The van der Waals surface area contributed by atoms with Crippen LogP contribution in [-0.2, 0) is 16.1 Å². The number of methoxy groups -OCH3 is 1. The Morgan fingerprint density at radius 1 is 1.03 bits per heavy atom. The van der Waals surface area contributed by atoms with Crippen LogP contribution in [0.5, 0.6) is 5.75 Å². The highest BCUT2D eigenvalue weighted by atomic mass is 35.5. The van der Waals surface area contributed by atoms with Gasteiger partial charge in [0.25, 0.3) is 5.91 Å². The third-order valence-corrected chi connectivity index (χ3v) is 6.40. The molecule has 2 aromatic carbocycles. The minimum Gasteiger partial charge on any atom is -0.497 e. The molecule has 2 aromatic rings. The topological polar surface area (TPSA) is 49.9 Å². The lowest BCUT2D eigenvalue weighted by Crippen LogP contribution is -2.58. The van der Waals surface area contributed by atoms with Crippen LogP contribution in [0.1, 0.15) is 49.3 Å². The Balaban J connectivity index is 1.68. The van der Waals surface area contributed by atoms with Gasteiger partial charge in [0.15, 0.2) is 0 Å². The summed E-state index contributed by atoms with van der Waals surface area (Å²) in [6, 6.07) is 14.4. The summed E-state index contributed by atoms with van der Waals surface area (Å²) in [6.45, 7) is 0.514. The summed E-state index contributed by atoms with van der Waals surface area (Å²) >= 11 is 6.01. The van der Waals surface area contributed by atoms with E-state index in [9.17, 15) is 9.59 Å². The molecule has 1 aliphatic heterocycles. The van der Waals surface area contributed by atoms with Gasteiger partial charge in [-0.3, -0.25) is 9.59 Å². The zero-order valence-corrected chi connectivity index (χ0v) is 18.0. The fourth-order valence-electron chi connectivity index (χ4n) is 4.55. The maximum absolute atomic E-state index is 13.7. The SMILES string of the molecule is COc1cccc([C@H]2C(=O)N(C3CCCCC3)CC(=O)N2Cc2ccc(Cl)cc2)c1. The van der Waals surface area contributed by atoms with Gasteiger partial charge >= 0.3 is 0 Å². The van der Waals surface area contributed by atoms with Crippen LogP contribution in [-0.4, -0.2) is 41.3 Å². The highest BCUT2D eigenvalue weighted by molar-refractivity contribution is 6.30. The van der Waals surface area contributed by atoms with Gasteiger partial charge in [0, 0.05) is 17.6 Å². The van der Waals surface area contributed by atoms with Gasteiger partial charge < -0.3 is 14.5 Å². The summed E-state index contributed by atoms with van der Waals surface area (Å²) in [6.07, 6.45) is 5.37. The molecule has 2 fully saturated rings. The number of hydrogen-bond donors (Lipinski definition) is 0. The molecule has 0 radical (unpaired) electrons. The van der Waals surface area contributed by atoms with Gasteiger partial charge in [-0.1, -0.05) is 55.1 Å². The first-order valence-corrected chi connectivity index (χ1v) is 10.9. The first-order valence-electron chi connectivity index (χ1n) is 10.5. The van der Waals surface area contributed by atoms with Crippen molar-refractivity contribution in [3.8, 4) is 5.75 Å². The van der Waals surface area contributed by atoms with Crippen LogP contribution in [0.15, 0.2) is 48.5 Å². The number of rotatable bonds is 5. The Morgan fingerprint density at radius 2 is 1.77 bits per heavy atom. The molecule has 5 nitrogen and oxygen atoms in total. The zero-order valence-electron chi connectivity index (χ0n) is 17.2. The van der Waals surface area contributed by atoms with E-state index in [0.29, 0.717) is 17.3 Å². The Hall–Kier alpha value is -2.53. The lowest BCUT2D eigenvalue weighted by atomic mass is 9.91. The number of hydrogen-bond acceptors (Lipinski definition) is 3. The average molecular weight is 427 g/mol. The van der Waals surface area contributed by atoms with E-state index < -0.39 is 6.04 Å². The summed E-state index contributed by atoms with van der Waals surface area (Å²) in [5, 5.41) is 0.646. The van der Waals surface area contributed by atoms with Crippen LogP contribution < -0.4 is 4.74 Å². The van der Waals surface area contributed by atoms with Crippen LogP contribution in [0.3, 0.4) is 0 Å². The van der Waals surface area contributed by atoms with E-state index in [2.05, 4.69) is 0 Å². The molecule has 4 rings (SSSR count). The van der Waals surface area contributed by atoms with Crippen LogP contribution >= 0.6 is 11.6 Å². The second-order valence-electron chi connectivity index (χ2n) is 8.09. The summed E-state index contributed by atoms with van der Waals surface area (Å²) < 4.78 is 5.37. The third-order valence-electron chi connectivity index (χ3n) is 6.15. The fraction of sp³-hybridized carbons (Fsp3) is 0.417. The van der Waals surface area contributed by atoms with Crippen LogP contribution in [0, 0.1) is 0 Å². The highest BCUT2D eigenvalue weighted by Crippen LogP contribution is 2.34. The van der Waals surface area contributed by atoms with Gasteiger partial charge in [-0.2, -0.15) is 0 Å². The van der Waals surface area contributed by atoms with E-state index in [0.717, 1.165) is 36.8 Å². The van der Waals surface area contributed by atoms with Crippen molar-refractivity contribution in [2.45, 2.75) is 50.7 Å². The maximum Gasteiger partial charge on any atom is 0.250 e. The van der Waals surface area contributed by atoms with E-state index in [4.69, 9.17) is 16.3 Å². The number of nitrogens with zero attached hydrogens (tertiary/aromatic N) is 2. The number of piperazine rings is 1. The van der Waals surface area contributed by atoms with Gasteiger partial charge in [0.05, 0.1) is 7.11 Å². The molecule has 2 aliphatic rings. The maximum atomic E-state index is 13.7. The molecule has 0 aromatic heterocycles. The monoisotopic (exact) mass is 426 g/mol. The molecule has 2 amide bonds. The molecule has 6 heteroatoms. The Bertz CT molecular complexity index is 909. The molecule has 30 heavy (non-hydrogen) atoms. The van der Waals surface area contributed by atoms with Gasteiger partial charge in [-0.15, -0.1) is 0 Å². The van der Waals surface area contributed by atoms with Crippen molar-refractivity contribution < 1.29 is 14.3 Å². The third kappa shape index (κ3) is 4.31. The molecule has 158 valence electrons. The first kappa shape index (κ1) is 20.7. The normalized spacial score (nSPS) is 20.5. The predicted octanol–water partition coefficient (Wildman–Crippen LogP) is 4.59. The van der Waals surface area contributed by atoms with Crippen molar-refractivity contribution in [3.63, 3.8) is 0 Å². The number of ether oxygens (including phenoxy) is 1. The van der Waals surface area contributed by atoms with E-state index in [1.54, 1.807) is 12.0 Å². The molecule has 1 heterocycles. The number of amides is 2. The summed E-state index contributed by atoms with van der Waals surface area (Å²) in [4.78, 5) is 30.5. The Morgan fingerprint density at radius 3 is 2.47 bits per heavy atom. The largest absolute Gasteiger partial charge is 0.497 e. The molecule has 0 spiro atoms. The molecular weight excluding hydrogens is 400 g/mol. The molecule has 1 saturated heterocycles. The summed E-state index contributed by atoms with van der Waals surface area (Å²) in [5.41, 5.74) is 1.72. The van der Waals surface area contributed by atoms with Gasteiger partial charge in [-0.25, -0.2) is 0 Å². The van der Waals surface area contributed by atoms with Gasteiger partial charge in [0.2, 0.25) is 5.91 Å². The van der Waals surface area contributed by atoms with E-state index in [1.807, 2.05) is 53.4 Å². The highest BCUT2D eigenvalue weighted by Gasteiger charge is 2.43. The summed E-state index contributed by atoms with van der Waals surface area (Å²) in [5.74, 6) is 0.653. The van der Waals surface area contributed by atoms with Crippen molar-refractivity contribution in [1.82, 2.24) is 9.80 Å². The van der Waals surface area contributed by atoms with Gasteiger partial charge in [0.1, 0.15) is 18.3 Å². The Labute approximate surface area is 182 Å². The standard InChI is InChI=1S/C24H27ClN2O3/c1-30-21-9-5-6-18(14-21)23-24(29)26(20-7-3-2-4-8-20)16-22(28)27(23)15-17-10-12-19(25)13-11-17/h5-6,9-14,20,23H,2-4,7-8,15-16H2,1H3/t23-/m0/s1. The molecule has 0 unspecified atom stereocenters. The quantitative estimate of drug-likeness (QED) is 0.702. The number of benzene rings is 2. The van der Waals surface area contributed by atoms with Crippen molar-refractivity contribution in [1.29, 1.82) is 0 Å².